The minimum absolute atomic E-state index is 0.597. The third kappa shape index (κ3) is 9.95. The first-order valence-electron chi connectivity index (χ1n) is 6.27. The highest BCUT2D eigenvalue weighted by atomic mass is 16.5. The Balaban J connectivity index is 3.53. The van der Waals surface area contributed by atoms with Crippen LogP contribution >= 0.6 is 0 Å². The predicted molar refractivity (Wildman–Crippen MR) is 67.2 cm³/mol. The molecule has 0 aromatic heterocycles. The predicted octanol–water partition coefficient (Wildman–Crippen LogP) is 3.14. The van der Waals surface area contributed by atoms with Gasteiger partial charge in [-0.05, 0) is 38.6 Å². The van der Waals surface area contributed by atoms with Crippen LogP contribution < -0.4 is 5.32 Å². The molecule has 2 nitrogen and oxygen atoms in total. The van der Waals surface area contributed by atoms with E-state index in [0.29, 0.717) is 6.04 Å². The number of ether oxygens (including phenoxy) is 1. The van der Waals surface area contributed by atoms with E-state index in [2.05, 4.69) is 25.7 Å². The zero-order valence-electron chi connectivity index (χ0n) is 10.4. The van der Waals surface area contributed by atoms with E-state index in [0.717, 1.165) is 39.0 Å². The maximum atomic E-state index is 5.51. The van der Waals surface area contributed by atoms with Gasteiger partial charge in [-0.1, -0.05) is 19.9 Å². The van der Waals surface area contributed by atoms with Crippen LogP contribution in [0.2, 0.25) is 0 Å². The summed E-state index contributed by atoms with van der Waals surface area (Å²) in [5.41, 5.74) is 0. The number of allylic oxidation sites excluding steroid dienone is 1. The molecule has 0 bridgehead atoms. The first-order valence-corrected chi connectivity index (χ1v) is 6.27. The second-order valence-corrected chi connectivity index (χ2v) is 3.92. The van der Waals surface area contributed by atoms with Crippen molar-refractivity contribution in [1.29, 1.82) is 0 Å². The highest BCUT2D eigenvalue weighted by molar-refractivity contribution is 4.73. The lowest BCUT2D eigenvalue weighted by Gasteiger charge is -2.17. The first kappa shape index (κ1) is 14.7. The van der Waals surface area contributed by atoms with Crippen molar-refractivity contribution < 1.29 is 4.74 Å². The van der Waals surface area contributed by atoms with Crippen LogP contribution in [0.4, 0.5) is 0 Å². The van der Waals surface area contributed by atoms with Crippen molar-refractivity contribution >= 4 is 0 Å². The SMILES string of the molecule is C=CCCC(CCOCCC)NCCC. The Morgan fingerprint density at radius 1 is 1.20 bits per heavy atom. The molecule has 0 radical (unpaired) electrons. The molecule has 0 fully saturated rings. The van der Waals surface area contributed by atoms with Gasteiger partial charge in [0.25, 0.3) is 0 Å². The molecule has 0 spiro atoms. The van der Waals surface area contributed by atoms with E-state index in [1.165, 1.54) is 12.8 Å². The van der Waals surface area contributed by atoms with Crippen LogP contribution in [0.15, 0.2) is 12.7 Å². The molecule has 15 heavy (non-hydrogen) atoms. The number of rotatable bonds is 11. The summed E-state index contributed by atoms with van der Waals surface area (Å²) in [5.74, 6) is 0. The van der Waals surface area contributed by atoms with Crippen LogP contribution in [0.5, 0.6) is 0 Å². The van der Waals surface area contributed by atoms with Gasteiger partial charge in [0, 0.05) is 19.3 Å². The molecule has 90 valence electrons. The monoisotopic (exact) mass is 213 g/mol. The largest absolute Gasteiger partial charge is 0.381 e. The van der Waals surface area contributed by atoms with Crippen LogP contribution in [-0.2, 0) is 4.74 Å². The van der Waals surface area contributed by atoms with E-state index in [-0.39, 0.29) is 0 Å². The molecule has 1 N–H and O–H groups in total. The minimum Gasteiger partial charge on any atom is -0.381 e. The lowest BCUT2D eigenvalue weighted by atomic mass is 10.1. The summed E-state index contributed by atoms with van der Waals surface area (Å²) >= 11 is 0. The van der Waals surface area contributed by atoms with Crippen molar-refractivity contribution in [1.82, 2.24) is 5.32 Å². The van der Waals surface area contributed by atoms with Gasteiger partial charge in [0.15, 0.2) is 0 Å². The Kier molecular flexibility index (Phi) is 11.5. The molecule has 0 saturated carbocycles. The van der Waals surface area contributed by atoms with E-state index >= 15 is 0 Å². The van der Waals surface area contributed by atoms with E-state index in [1.807, 2.05) is 6.08 Å². The molecule has 0 aromatic carbocycles. The van der Waals surface area contributed by atoms with E-state index in [9.17, 15) is 0 Å². The van der Waals surface area contributed by atoms with Crippen molar-refractivity contribution in [3.63, 3.8) is 0 Å². The molecular formula is C13H27NO. The molecular weight excluding hydrogens is 186 g/mol. The van der Waals surface area contributed by atoms with Crippen molar-refractivity contribution in [2.45, 2.75) is 52.0 Å². The van der Waals surface area contributed by atoms with E-state index < -0.39 is 0 Å². The van der Waals surface area contributed by atoms with Gasteiger partial charge in [-0.2, -0.15) is 0 Å². The topological polar surface area (TPSA) is 21.3 Å². The second-order valence-electron chi connectivity index (χ2n) is 3.92. The summed E-state index contributed by atoms with van der Waals surface area (Å²) in [7, 11) is 0. The van der Waals surface area contributed by atoms with Gasteiger partial charge in [0.05, 0.1) is 0 Å². The zero-order valence-corrected chi connectivity index (χ0v) is 10.4. The van der Waals surface area contributed by atoms with Gasteiger partial charge in [0.1, 0.15) is 0 Å². The maximum absolute atomic E-state index is 5.51. The Morgan fingerprint density at radius 2 is 2.00 bits per heavy atom. The molecule has 0 saturated heterocycles. The highest BCUT2D eigenvalue weighted by Gasteiger charge is 2.05. The molecule has 0 aliphatic heterocycles. The molecule has 2 heteroatoms. The summed E-state index contributed by atoms with van der Waals surface area (Å²) in [6.45, 7) is 11.0. The molecule has 1 atom stereocenters. The van der Waals surface area contributed by atoms with Gasteiger partial charge in [-0.3, -0.25) is 0 Å². The fraction of sp³-hybridized carbons (Fsp3) is 0.846. The zero-order chi connectivity index (χ0) is 11.4. The normalized spacial score (nSPS) is 12.7. The Hall–Kier alpha value is -0.340. The minimum atomic E-state index is 0.597. The van der Waals surface area contributed by atoms with Gasteiger partial charge < -0.3 is 10.1 Å². The van der Waals surface area contributed by atoms with Crippen molar-refractivity contribution in [2.75, 3.05) is 19.8 Å². The molecule has 0 aromatic rings. The second kappa shape index (κ2) is 11.7. The summed E-state index contributed by atoms with van der Waals surface area (Å²) in [6.07, 6.45) is 7.69. The van der Waals surface area contributed by atoms with Crippen molar-refractivity contribution in [3.05, 3.63) is 12.7 Å². The highest BCUT2D eigenvalue weighted by Crippen LogP contribution is 2.03. The van der Waals surface area contributed by atoms with Crippen LogP contribution in [0.25, 0.3) is 0 Å². The maximum Gasteiger partial charge on any atom is 0.0480 e. The lowest BCUT2D eigenvalue weighted by molar-refractivity contribution is 0.123. The van der Waals surface area contributed by atoms with E-state index in [4.69, 9.17) is 4.74 Å². The van der Waals surface area contributed by atoms with E-state index in [1.54, 1.807) is 0 Å². The number of hydrogen-bond donors (Lipinski definition) is 1. The molecule has 0 aliphatic carbocycles. The summed E-state index contributed by atoms with van der Waals surface area (Å²) in [4.78, 5) is 0. The molecule has 0 aliphatic rings. The third-order valence-electron chi connectivity index (χ3n) is 2.36. The van der Waals surface area contributed by atoms with Crippen LogP contribution in [0.3, 0.4) is 0 Å². The smallest absolute Gasteiger partial charge is 0.0480 e. The van der Waals surface area contributed by atoms with Crippen LogP contribution in [-0.4, -0.2) is 25.8 Å². The Bertz CT molecular complexity index is 136. The fourth-order valence-electron chi connectivity index (χ4n) is 1.49. The van der Waals surface area contributed by atoms with Crippen LogP contribution in [0, 0.1) is 0 Å². The fourth-order valence-corrected chi connectivity index (χ4v) is 1.49. The standard InChI is InChI=1S/C13H27NO/c1-4-7-8-13(14-10-5-2)9-12-15-11-6-3/h4,13-14H,1,5-12H2,2-3H3. The Labute approximate surface area is 95.1 Å². The van der Waals surface area contributed by atoms with Crippen molar-refractivity contribution in [2.24, 2.45) is 0 Å². The average molecular weight is 213 g/mol. The number of nitrogens with one attached hydrogen (secondary N) is 1. The summed E-state index contributed by atoms with van der Waals surface area (Å²) in [6, 6.07) is 0.597. The van der Waals surface area contributed by atoms with Gasteiger partial charge in [0.2, 0.25) is 0 Å². The summed E-state index contributed by atoms with van der Waals surface area (Å²) in [5, 5.41) is 3.55. The lowest BCUT2D eigenvalue weighted by Crippen LogP contribution is -2.30. The van der Waals surface area contributed by atoms with Crippen molar-refractivity contribution in [3.8, 4) is 0 Å². The number of hydrogen-bond acceptors (Lipinski definition) is 2. The van der Waals surface area contributed by atoms with Crippen LogP contribution in [0.1, 0.15) is 46.0 Å². The summed E-state index contributed by atoms with van der Waals surface area (Å²) < 4.78 is 5.51. The third-order valence-corrected chi connectivity index (χ3v) is 2.36. The Morgan fingerprint density at radius 3 is 2.60 bits per heavy atom. The van der Waals surface area contributed by atoms with Gasteiger partial charge >= 0.3 is 0 Å². The first-order chi connectivity index (χ1) is 7.35. The van der Waals surface area contributed by atoms with Gasteiger partial charge in [-0.25, -0.2) is 0 Å². The van der Waals surface area contributed by atoms with Gasteiger partial charge in [-0.15, -0.1) is 6.58 Å². The molecule has 1 unspecified atom stereocenters. The quantitative estimate of drug-likeness (QED) is 0.420. The molecule has 0 heterocycles. The molecule has 0 amide bonds. The average Bonchev–Trinajstić information content (AvgIpc) is 2.27. The molecule has 0 rings (SSSR count).